The second-order valence-electron chi connectivity index (χ2n) is 4.02. The molecule has 0 amide bonds. The average molecular weight is 318 g/mol. The van der Waals surface area contributed by atoms with E-state index >= 15 is 0 Å². The van der Waals surface area contributed by atoms with E-state index in [1.807, 2.05) is 4.90 Å². The molecule has 1 aliphatic heterocycles. The Morgan fingerprint density at radius 2 is 1.89 bits per heavy atom. The van der Waals surface area contributed by atoms with Crippen molar-refractivity contribution in [1.82, 2.24) is 19.9 Å². The summed E-state index contributed by atoms with van der Waals surface area (Å²) in [6.45, 7) is 1.30. The van der Waals surface area contributed by atoms with E-state index < -0.39 is 10.8 Å². The third-order valence-electron chi connectivity index (χ3n) is 2.81. The molecule has 19 heavy (non-hydrogen) atoms. The van der Waals surface area contributed by atoms with Gasteiger partial charge in [0.05, 0.1) is 6.20 Å². The molecule has 0 atom stereocenters. The summed E-state index contributed by atoms with van der Waals surface area (Å²) < 4.78 is 11.4. The number of fused-ring (bicyclic) bond motifs is 1. The van der Waals surface area contributed by atoms with Gasteiger partial charge in [0.2, 0.25) is 5.28 Å². The van der Waals surface area contributed by atoms with Crippen LogP contribution in [0.4, 0.5) is 5.82 Å². The van der Waals surface area contributed by atoms with Crippen molar-refractivity contribution in [3.63, 3.8) is 0 Å². The van der Waals surface area contributed by atoms with Gasteiger partial charge in [-0.15, -0.1) is 0 Å². The number of rotatable bonds is 1. The molecule has 100 valence electrons. The zero-order chi connectivity index (χ0) is 13.4. The minimum Gasteiger partial charge on any atom is -0.353 e. The molecule has 0 bridgehead atoms. The molecule has 1 saturated heterocycles. The van der Waals surface area contributed by atoms with Gasteiger partial charge < -0.3 is 4.90 Å². The molecule has 6 nitrogen and oxygen atoms in total. The Morgan fingerprint density at radius 3 is 2.63 bits per heavy atom. The van der Waals surface area contributed by atoms with Crippen molar-refractivity contribution in [2.45, 2.75) is 0 Å². The Morgan fingerprint density at radius 1 is 1.16 bits per heavy atom. The van der Waals surface area contributed by atoms with E-state index in [1.165, 1.54) is 6.20 Å². The molecule has 2 aromatic heterocycles. The van der Waals surface area contributed by atoms with Crippen LogP contribution >= 0.6 is 23.2 Å². The zero-order valence-electron chi connectivity index (χ0n) is 9.71. The Labute approximate surface area is 121 Å². The first kappa shape index (κ1) is 13.0. The molecule has 9 heteroatoms. The normalized spacial score (nSPS) is 17.1. The quantitative estimate of drug-likeness (QED) is 0.738. The van der Waals surface area contributed by atoms with Gasteiger partial charge in [-0.05, 0) is 11.6 Å². The lowest BCUT2D eigenvalue weighted by Crippen LogP contribution is -2.38. The van der Waals surface area contributed by atoms with Gasteiger partial charge in [-0.25, -0.2) is 9.97 Å². The summed E-state index contributed by atoms with van der Waals surface area (Å²) in [4.78, 5) is 18.5. The molecule has 3 heterocycles. The SMILES string of the molecule is O=S1CCN(c2nc(Cl)nc3nc(Cl)cnc23)CC1. The molecule has 1 fully saturated rings. The lowest BCUT2D eigenvalue weighted by Gasteiger charge is -2.27. The maximum atomic E-state index is 11.4. The van der Waals surface area contributed by atoms with Crippen LogP contribution in [0.25, 0.3) is 11.2 Å². The number of hydrogen-bond donors (Lipinski definition) is 0. The molecule has 0 N–H and O–H groups in total. The van der Waals surface area contributed by atoms with E-state index in [9.17, 15) is 4.21 Å². The fraction of sp³-hybridized carbons (Fsp3) is 0.400. The first-order chi connectivity index (χ1) is 9.13. The Hall–Kier alpha value is -1.05. The maximum Gasteiger partial charge on any atom is 0.226 e. The minimum absolute atomic E-state index is 0.103. The molecule has 3 rings (SSSR count). The average Bonchev–Trinajstić information content (AvgIpc) is 2.38. The van der Waals surface area contributed by atoms with Crippen LogP contribution in [-0.4, -0.2) is 48.7 Å². The van der Waals surface area contributed by atoms with Crippen molar-refractivity contribution in [1.29, 1.82) is 0 Å². The van der Waals surface area contributed by atoms with E-state index in [-0.39, 0.29) is 10.4 Å². The van der Waals surface area contributed by atoms with Crippen LogP contribution in [0, 0.1) is 0 Å². The molecule has 0 saturated carbocycles. The van der Waals surface area contributed by atoms with Gasteiger partial charge in [0.1, 0.15) is 5.15 Å². The van der Waals surface area contributed by atoms with Crippen molar-refractivity contribution in [3.05, 3.63) is 16.6 Å². The van der Waals surface area contributed by atoms with Crippen LogP contribution in [0.15, 0.2) is 6.20 Å². The van der Waals surface area contributed by atoms with Gasteiger partial charge in [0, 0.05) is 35.4 Å². The highest BCUT2D eigenvalue weighted by molar-refractivity contribution is 7.85. The first-order valence-corrected chi connectivity index (χ1v) is 7.83. The van der Waals surface area contributed by atoms with Crippen LogP contribution in [0.5, 0.6) is 0 Å². The van der Waals surface area contributed by atoms with Crippen LogP contribution in [-0.2, 0) is 10.8 Å². The van der Waals surface area contributed by atoms with Crippen LogP contribution < -0.4 is 4.90 Å². The molecular formula is C10H9Cl2N5OS. The largest absolute Gasteiger partial charge is 0.353 e. The van der Waals surface area contributed by atoms with E-state index in [0.29, 0.717) is 41.6 Å². The summed E-state index contributed by atoms with van der Waals surface area (Å²) in [6.07, 6.45) is 1.45. The van der Waals surface area contributed by atoms with E-state index in [1.54, 1.807) is 0 Å². The Bertz CT molecular complexity index is 652. The lowest BCUT2D eigenvalue weighted by atomic mass is 10.4. The molecular weight excluding hydrogens is 309 g/mol. The predicted molar refractivity (Wildman–Crippen MR) is 75.2 cm³/mol. The third-order valence-corrected chi connectivity index (χ3v) is 4.44. The minimum atomic E-state index is -0.753. The summed E-state index contributed by atoms with van der Waals surface area (Å²) in [5, 5.41) is 0.360. The van der Waals surface area contributed by atoms with Crippen molar-refractivity contribution >= 4 is 51.0 Å². The molecule has 2 aromatic rings. The van der Waals surface area contributed by atoms with Gasteiger partial charge in [-0.2, -0.15) is 9.97 Å². The number of halogens is 2. The summed E-state index contributed by atoms with van der Waals surface area (Å²) in [5.41, 5.74) is 0.927. The molecule has 0 unspecified atom stereocenters. The third kappa shape index (κ3) is 2.63. The van der Waals surface area contributed by atoms with Gasteiger partial charge in [-0.3, -0.25) is 4.21 Å². The van der Waals surface area contributed by atoms with Crippen molar-refractivity contribution in [2.24, 2.45) is 0 Å². The van der Waals surface area contributed by atoms with Gasteiger partial charge in [0.15, 0.2) is 17.0 Å². The second-order valence-corrected chi connectivity index (χ2v) is 6.44. The fourth-order valence-electron chi connectivity index (χ4n) is 1.92. The topological polar surface area (TPSA) is 71.9 Å². The van der Waals surface area contributed by atoms with Gasteiger partial charge >= 0.3 is 0 Å². The zero-order valence-corrected chi connectivity index (χ0v) is 12.0. The summed E-state index contributed by atoms with van der Waals surface area (Å²) in [7, 11) is -0.753. The highest BCUT2D eigenvalue weighted by atomic mass is 35.5. The molecule has 0 spiro atoms. The monoisotopic (exact) mass is 317 g/mol. The predicted octanol–water partition coefficient (Wildman–Crippen LogP) is 1.30. The summed E-state index contributed by atoms with van der Waals surface area (Å²) in [6, 6.07) is 0. The van der Waals surface area contributed by atoms with Crippen LogP contribution in [0.1, 0.15) is 0 Å². The van der Waals surface area contributed by atoms with Crippen molar-refractivity contribution in [3.8, 4) is 0 Å². The van der Waals surface area contributed by atoms with E-state index in [4.69, 9.17) is 23.2 Å². The van der Waals surface area contributed by atoms with Crippen molar-refractivity contribution < 1.29 is 4.21 Å². The van der Waals surface area contributed by atoms with Gasteiger partial charge in [-0.1, -0.05) is 11.6 Å². The Kier molecular flexibility index (Phi) is 3.51. The first-order valence-electron chi connectivity index (χ1n) is 5.59. The lowest BCUT2D eigenvalue weighted by molar-refractivity contribution is 0.672. The number of hydrogen-bond acceptors (Lipinski definition) is 6. The van der Waals surface area contributed by atoms with Gasteiger partial charge in [0.25, 0.3) is 0 Å². The molecule has 0 aliphatic carbocycles. The summed E-state index contributed by atoms with van der Waals surface area (Å²) in [5.74, 6) is 1.85. The fourth-order valence-corrected chi connectivity index (χ4v) is 3.26. The van der Waals surface area contributed by atoms with Crippen LogP contribution in [0.2, 0.25) is 10.4 Å². The summed E-state index contributed by atoms with van der Waals surface area (Å²) >= 11 is 11.7. The number of anilines is 1. The molecule has 1 aliphatic rings. The van der Waals surface area contributed by atoms with Crippen LogP contribution in [0.3, 0.4) is 0 Å². The highest BCUT2D eigenvalue weighted by Gasteiger charge is 2.21. The maximum absolute atomic E-state index is 11.4. The van der Waals surface area contributed by atoms with Crippen molar-refractivity contribution in [2.75, 3.05) is 29.5 Å². The highest BCUT2D eigenvalue weighted by Crippen LogP contribution is 2.24. The Balaban J connectivity index is 2.09. The van der Waals surface area contributed by atoms with E-state index in [0.717, 1.165) is 0 Å². The smallest absolute Gasteiger partial charge is 0.226 e. The number of aromatic nitrogens is 4. The molecule has 0 radical (unpaired) electrons. The number of nitrogens with zero attached hydrogens (tertiary/aromatic N) is 5. The standard InChI is InChI=1S/C10H9Cl2N5OS/c11-6-5-13-7-8(14-6)15-10(12)16-9(7)17-1-3-19(18)4-2-17/h5H,1-4H2. The molecule has 0 aromatic carbocycles. The second kappa shape index (κ2) is 5.15. The van der Waals surface area contributed by atoms with E-state index in [2.05, 4.69) is 19.9 Å².